The quantitative estimate of drug-likeness (QED) is 0.579. The van der Waals surface area contributed by atoms with Crippen molar-refractivity contribution in [2.45, 2.75) is 50.8 Å². The molecular formula is C22H22N4O5. The standard InChI is InChI=1S/C22H22N4O5/c1-22(2)30-19-18(29-20(27)14-8-4-3-5-9-14)17(28-21(19)31-22)13-26-12-16(24-25-26)15-10-6-7-11-23-15/h3-12,17-19,21H,13H2,1-2H3/t17-,18+,19-,21-/m1/s1. The lowest BCUT2D eigenvalue weighted by molar-refractivity contribution is -0.216. The van der Waals surface area contributed by atoms with Crippen molar-refractivity contribution in [3.8, 4) is 11.4 Å². The Bertz CT molecular complexity index is 1060. The molecule has 31 heavy (non-hydrogen) atoms. The molecule has 1 aromatic carbocycles. The number of pyridine rings is 1. The predicted octanol–water partition coefficient (Wildman–Crippen LogP) is 2.44. The molecule has 0 amide bonds. The average molecular weight is 422 g/mol. The Balaban J connectivity index is 1.35. The Labute approximate surface area is 178 Å². The Morgan fingerprint density at radius 2 is 1.90 bits per heavy atom. The van der Waals surface area contributed by atoms with E-state index >= 15 is 0 Å². The number of nitrogens with zero attached hydrogens (tertiary/aromatic N) is 4. The molecular weight excluding hydrogens is 400 g/mol. The molecule has 0 unspecified atom stereocenters. The van der Waals surface area contributed by atoms with Crippen molar-refractivity contribution in [1.82, 2.24) is 20.0 Å². The minimum Gasteiger partial charge on any atom is -0.453 e. The van der Waals surface area contributed by atoms with Gasteiger partial charge in [0.15, 0.2) is 24.3 Å². The highest BCUT2D eigenvalue weighted by atomic mass is 16.8. The van der Waals surface area contributed by atoms with Crippen LogP contribution in [0.5, 0.6) is 0 Å². The van der Waals surface area contributed by atoms with Gasteiger partial charge < -0.3 is 18.9 Å². The first-order chi connectivity index (χ1) is 15.0. The summed E-state index contributed by atoms with van der Waals surface area (Å²) >= 11 is 0. The highest BCUT2D eigenvalue weighted by molar-refractivity contribution is 5.89. The fourth-order valence-corrected chi connectivity index (χ4v) is 3.81. The number of benzene rings is 1. The van der Waals surface area contributed by atoms with Gasteiger partial charge in [0.1, 0.15) is 11.8 Å². The number of rotatable bonds is 5. The topological polar surface area (TPSA) is 97.6 Å². The van der Waals surface area contributed by atoms with Gasteiger partial charge in [0, 0.05) is 6.20 Å². The van der Waals surface area contributed by atoms with Gasteiger partial charge in [0.2, 0.25) is 0 Å². The lowest BCUT2D eigenvalue weighted by atomic mass is 10.1. The summed E-state index contributed by atoms with van der Waals surface area (Å²) in [4.78, 5) is 17.0. The zero-order valence-corrected chi connectivity index (χ0v) is 17.1. The second kappa shape index (κ2) is 7.84. The molecule has 4 atom stereocenters. The molecule has 9 heteroatoms. The van der Waals surface area contributed by atoms with Gasteiger partial charge in [-0.25, -0.2) is 9.48 Å². The maximum atomic E-state index is 12.7. The summed E-state index contributed by atoms with van der Waals surface area (Å²) in [6.07, 6.45) is 1.13. The molecule has 3 aromatic rings. The second-order valence-electron chi connectivity index (χ2n) is 7.92. The van der Waals surface area contributed by atoms with Crippen LogP contribution in [0, 0.1) is 0 Å². The molecule has 2 fully saturated rings. The zero-order chi connectivity index (χ0) is 21.4. The van der Waals surface area contributed by atoms with E-state index in [9.17, 15) is 4.79 Å². The van der Waals surface area contributed by atoms with Crippen molar-refractivity contribution in [2.24, 2.45) is 0 Å². The van der Waals surface area contributed by atoms with E-state index in [1.165, 1.54) is 0 Å². The van der Waals surface area contributed by atoms with Crippen LogP contribution >= 0.6 is 0 Å². The first-order valence-corrected chi connectivity index (χ1v) is 10.1. The second-order valence-corrected chi connectivity index (χ2v) is 7.92. The van der Waals surface area contributed by atoms with Crippen LogP contribution < -0.4 is 0 Å². The molecule has 0 bridgehead atoms. The predicted molar refractivity (Wildman–Crippen MR) is 108 cm³/mol. The lowest BCUT2D eigenvalue weighted by Gasteiger charge is -2.25. The minimum absolute atomic E-state index is 0.312. The highest BCUT2D eigenvalue weighted by Crippen LogP contribution is 2.39. The third-order valence-corrected chi connectivity index (χ3v) is 5.17. The van der Waals surface area contributed by atoms with Gasteiger partial charge in [-0.15, -0.1) is 5.10 Å². The third kappa shape index (κ3) is 4.07. The first-order valence-electron chi connectivity index (χ1n) is 10.1. The van der Waals surface area contributed by atoms with E-state index in [0.29, 0.717) is 17.8 Å². The number of aromatic nitrogens is 4. The van der Waals surface area contributed by atoms with E-state index in [0.717, 1.165) is 5.69 Å². The summed E-state index contributed by atoms with van der Waals surface area (Å²) in [6.45, 7) is 3.92. The van der Waals surface area contributed by atoms with E-state index in [1.54, 1.807) is 55.2 Å². The molecule has 0 saturated carbocycles. The van der Waals surface area contributed by atoms with Gasteiger partial charge in [0.25, 0.3) is 0 Å². The lowest BCUT2D eigenvalue weighted by Crippen LogP contribution is -2.40. The SMILES string of the molecule is CC1(C)O[C@H]2O[C@H](Cn3cc(-c4ccccn4)nn3)[C@H](OC(=O)c3ccccc3)[C@H]2O1. The molecule has 0 N–H and O–H groups in total. The molecule has 2 aliphatic heterocycles. The molecule has 2 saturated heterocycles. The summed E-state index contributed by atoms with van der Waals surface area (Å²) in [7, 11) is 0. The van der Waals surface area contributed by atoms with Crippen LogP contribution in [0.25, 0.3) is 11.4 Å². The molecule has 5 rings (SSSR count). The van der Waals surface area contributed by atoms with Crippen LogP contribution in [0.15, 0.2) is 60.9 Å². The first kappa shape index (κ1) is 19.8. The van der Waals surface area contributed by atoms with E-state index < -0.39 is 36.4 Å². The Hall–Kier alpha value is -3.14. The van der Waals surface area contributed by atoms with Crippen molar-refractivity contribution in [2.75, 3.05) is 0 Å². The largest absolute Gasteiger partial charge is 0.453 e. The number of hydrogen-bond acceptors (Lipinski definition) is 8. The van der Waals surface area contributed by atoms with E-state index in [1.807, 2.05) is 24.3 Å². The molecule has 160 valence electrons. The maximum absolute atomic E-state index is 12.7. The average Bonchev–Trinajstić information content (AvgIpc) is 3.43. The van der Waals surface area contributed by atoms with Gasteiger partial charge in [-0.1, -0.05) is 29.5 Å². The normalized spacial score (nSPS) is 26.5. The molecule has 4 heterocycles. The van der Waals surface area contributed by atoms with Crippen LogP contribution in [0.2, 0.25) is 0 Å². The van der Waals surface area contributed by atoms with Crippen LogP contribution in [-0.2, 0) is 25.5 Å². The molecule has 0 aliphatic carbocycles. The Morgan fingerprint density at radius 3 is 2.68 bits per heavy atom. The van der Waals surface area contributed by atoms with Crippen LogP contribution in [0.3, 0.4) is 0 Å². The van der Waals surface area contributed by atoms with Crippen molar-refractivity contribution in [3.63, 3.8) is 0 Å². The summed E-state index contributed by atoms with van der Waals surface area (Å²) in [6, 6.07) is 14.4. The molecule has 2 aromatic heterocycles. The van der Waals surface area contributed by atoms with Crippen molar-refractivity contribution < 1.29 is 23.7 Å². The highest BCUT2D eigenvalue weighted by Gasteiger charge is 2.56. The fraction of sp³-hybridized carbons (Fsp3) is 0.364. The summed E-state index contributed by atoms with van der Waals surface area (Å²) in [5, 5.41) is 8.36. The number of esters is 1. The maximum Gasteiger partial charge on any atom is 0.338 e. The van der Waals surface area contributed by atoms with Crippen LogP contribution in [-0.4, -0.2) is 56.3 Å². The third-order valence-electron chi connectivity index (χ3n) is 5.17. The van der Waals surface area contributed by atoms with E-state index in [2.05, 4.69) is 15.3 Å². The smallest absolute Gasteiger partial charge is 0.338 e. The summed E-state index contributed by atoms with van der Waals surface area (Å²) < 4.78 is 25.4. The van der Waals surface area contributed by atoms with Crippen molar-refractivity contribution in [3.05, 3.63) is 66.5 Å². The monoisotopic (exact) mass is 422 g/mol. The fourth-order valence-electron chi connectivity index (χ4n) is 3.81. The molecule has 9 nitrogen and oxygen atoms in total. The Morgan fingerprint density at radius 1 is 1.10 bits per heavy atom. The minimum atomic E-state index is -0.822. The zero-order valence-electron chi connectivity index (χ0n) is 17.1. The Kier molecular flexibility index (Phi) is 5.01. The van der Waals surface area contributed by atoms with Gasteiger partial charge in [-0.05, 0) is 38.1 Å². The molecule has 0 radical (unpaired) electrons. The molecule has 0 spiro atoms. The molecule has 2 aliphatic rings. The number of ether oxygens (including phenoxy) is 4. The summed E-state index contributed by atoms with van der Waals surface area (Å²) in [5.41, 5.74) is 1.82. The van der Waals surface area contributed by atoms with Crippen molar-refractivity contribution in [1.29, 1.82) is 0 Å². The number of carbonyl (C=O) groups excluding carboxylic acids is 1. The van der Waals surface area contributed by atoms with Crippen LogP contribution in [0.1, 0.15) is 24.2 Å². The van der Waals surface area contributed by atoms with E-state index in [4.69, 9.17) is 18.9 Å². The van der Waals surface area contributed by atoms with Gasteiger partial charge in [0.05, 0.1) is 24.0 Å². The van der Waals surface area contributed by atoms with E-state index in [-0.39, 0.29) is 0 Å². The van der Waals surface area contributed by atoms with Crippen molar-refractivity contribution >= 4 is 5.97 Å². The van der Waals surface area contributed by atoms with Gasteiger partial charge in [-0.3, -0.25) is 4.98 Å². The number of hydrogen-bond donors (Lipinski definition) is 0. The number of fused-ring (bicyclic) bond motifs is 1. The summed E-state index contributed by atoms with van der Waals surface area (Å²) in [5.74, 6) is -1.27. The van der Waals surface area contributed by atoms with Gasteiger partial charge >= 0.3 is 5.97 Å². The number of carbonyl (C=O) groups is 1. The van der Waals surface area contributed by atoms with Gasteiger partial charge in [-0.2, -0.15) is 0 Å². The van der Waals surface area contributed by atoms with Crippen LogP contribution in [0.4, 0.5) is 0 Å².